The number of nitrogens with zero attached hydrogens (tertiary/aromatic N) is 1. The van der Waals surface area contributed by atoms with Crippen molar-refractivity contribution in [2.75, 3.05) is 6.54 Å². The van der Waals surface area contributed by atoms with Gasteiger partial charge < -0.3 is 14.8 Å². The van der Waals surface area contributed by atoms with Gasteiger partial charge in [-0.3, -0.25) is 9.78 Å². The Morgan fingerprint density at radius 2 is 2.39 bits per heavy atom. The summed E-state index contributed by atoms with van der Waals surface area (Å²) in [6.45, 7) is -0.0614. The lowest BCUT2D eigenvalue weighted by Crippen LogP contribution is -2.29. The average Bonchev–Trinajstić information content (AvgIpc) is 2.90. The minimum absolute atomic E-state index is 0.0614. The van der Waals surface area contributed by atoms with Gasteiger partial charge in [-0.05, 0) is 18.2 Å². The maximum atomic E-state index is 13.2. The molecule has 1 unspecified atom stereocenters. The van der Waals surface area contributed by atoms with Crippen LogP contribution in [0.4, 0.5) is 4.39 Å². The van der Waals surface area contributed by atoms with Crippen LogP contribution in [0.5, 0.6) is 0 Å². The smallest absolute Gasteiger partial charge is 0.254 e. The number of carbonyl (C=O) groups excluding carboxylic acids is 1. The number of hydrogen-bond donors (Lipinski definition) is 2. The SMILES string of the molecule is O=C(NCC(O)c1ccco1)c1ccncc1F. The molecule has 18 heavy (non-hydrogen) atoms. The van der Waals surface area contributed by atoms with Crippen LogP contribution in [0.25, 0.3) is 0 Å². The molecule has 2 heterocycles. The summed E-state index contributed by atoms with van der Waals surface area (Å²) in [6, 6.07) is 4.48. The molecule has 0 spiro atoms. The Morgan fingerprint density at radius 1 is 1.56 bits per heavy atom. The highest BCUT2D eigenvalue weighted by Gasteiger charge is 2.15. The van der Waals surface area contributed by atoms with Crippen molar-refractivity contribution in [2.24, 2.45) is 0 Å². The van der Waals surface area contributed by atoms with Gasteiger partial charge in [0.15, 0.2) is 5.82 Å². The summed E-state index contributed by atoms with van der Waals surface area (Å²) in [5.74, 6) is -0.978. The van der Waals surface area contributed by atoms with E-state index in [1.807, 2.05) is 0 Å². The molecule has 1 atom stereocenters. The molecule has 2 aromatic rings. The standard InChI is InChI=1S/C12H11FN2O3/c13-9-6-14-4-3-8(9)12(17)15-7-10(16)11-2-1-5-18-11/h1-6,10,16H,7H2,(H,15,17). The summed E-state index contributed by atoms with van der Waals surface area (Å²) >= 11 is 0. The van der Waals surface area contributed by atoms with Crippen molar-refractivity contribution >= 4 is 5.91 Å². The lowest BCUT2D eigenvalue weighted by atomic mass is 10.2. The Labute approximate surface area is 102 Å². The van der Waals surface area contributed by atoms with E-state index in [4.69, 9.17) is 4.42 Å². The van der Waals surface area contributed by atoms with Crippen LogP contribution in [0.3, 0.4) is 0 Å². The van der Waals surface area contributed by atoms with Crippen LogP contribution in [0.15, 0.2) is 41.3 Å². The molecule has 0 aliphatic heterocycles. The normalized spacial score (nSPS) is 12.1. The average molecular weight is 250 g/mol. The van der Waals surface area contributed by atoms with Gasteiger partial charge in [0.2, 0.25) is 0 Å². The number of aliphatic hydroxyl groups excluding tert-OH is 1. The number of carbonyl (C=O) groups is 1. The number of halogens is 1. The molecule has 6 heteroatoms. The predicted molar refractivity (Wildman–Crippen MR) is 60.2 cm³/mol. The van der Waals surface area contributed by atoms with Gasteiger partial charge in [0.05, 0.1) is 24.6 Å². The molecule has 0 fully saturated rings. The summed E-state index contributed by atoms with van der Waals surface area (Å²) in [5, 5.41) is 12.1. The largest absolute Gasteiger partial charge is 0.467 e. The Balaban J connectivity index is 1.95. The summed E-state index contributed by atoms with van der Waals surface area (Å²) in [4.78, 5) is 15.2. The maximum Gasteiger partial charge on any atom is 0.254 e. The Kier molecular flexibility index (Phi) is 3.69. The van der Waals surface area contributed by atoms with E-state index < -0.39 is 17.8 Å². The van der Waals surface area contributed by atoms with Gasteiger partial charge >= 0.3 is 0 Å². The third kappa shape index (κ3) is 2.72. The van der Waals surface area contributed by atoms with Crippen molar-refractivity contribution < 1.29 is 18.7 Å². The van der Waals surface area contributed by atoms with E-state index in [1.165, 1.54) is 18.5 Å². The molecule has 2 rings (SSSR count). The van der Waals surface area contributed by atoms with Gasteiger partial charge in [-0.15, -0.1) is 0 Å². The van der Waals surface area contributed by atoms with E-state index in [0.717, 1.165) is 6.20 Å². The Bertz CT molecular complexity index is 528. The fraction of sp³-hybridized carbons (Fsp3) is 0.167. The lowest BCUT2D eigenvalue weighted by molar-refractivity contribution is 0.0897. The number of nitrogens with one attached hydrogen (secondary N) is 1. The topological polar surface area (TPSA) is 75.4 Å². The number of aliphatic hydroxyl groups is 1. The number of rotatable bonds is 4. The number of furan rings is 1. The summed E-state index contributed by atoms with van der Waals surface area (Å²) in [6.07, 6.45) is 2.73. The van der Waals surface area contributed by atoms with E-state index in [9.17, 15) is 14.3 Å². The van der Waals surface area contributed by atoms with Crippen molar-refractivity contribution in [1.29, 1.82) is 0 Å². The van der Waals surface area contributed by atoms with E-state index in [-0.39, 0.29) is 12.1 Å². The van der Waals surface area contributed by atoms with Crippen LogP contribution < -0.4 is 5.32 Å². The van der Waals surface area contributed by atoms with Crippen molar-refractivity contribution in [3.8, 4) is 0 Å². The number of amides is 1. The first-order valence-electron chi connectivity index (χ1n) is 5.27. The highest BCUT2D eigenvalue weighted by molar-refractivity contribution is 5.94. The zero-order valence-electron chi connectivity index (χ0n) is 9.34. The van der Waals surface area contributed by atoms with Crippen LogP contribution in [-0.4, -0.2) is 22.5 Å². The maximum absolute atomic E-state index is 13.2. The quantitative estimate of drug-likeness (QED) is 0.857. The number of aromatic nitrogens is 1. The molecular formula is C12H11FN2O3. The van der Waals surface area contributed by atoms with Crippen LogP contribution in [0, 0.1) is 5.82 Å². The molecule has 94 valence electrons. The van der Waals surface area contributed by atoms with Gasteiger partial charge in [-0.25, -0.2) is 4.39 Å². The van der Waals surface area contributed by atoms with Gasteiger partial charge in [-0.2, -0.15) is 0 Å². The molecule has 0 bridgehead atoms. The molecule has 5 nitrogen and oxygen atoms in total. The van der Waals surface area contributed by atoms with Crippen molar-refractivity contribution in [2.45, 2.75) is 6.10 Å². The number of hydrogen-bond acceptors (Lipinski definition) is 4. The van der Waals surface area contributed by atoms with E-state index >= 15 is 0 Å². The molecule has 2 N–H and O–H groups in total. The fourth-order valence-corrected chi connectivity index (χ4v) is 1.43. The monoisotopic (exact) mass is 250 g/mol. The van der Waals surface area contributed by atoms with Crippen LogP contribution in [-0.2, 0) is 0 Å². The molecule has 0 radical (unpaired) electrons. The summed E-state index contributed by atoms with van der Waals surface area (Å²) in [7, 11) is 0. The molecule has 0 aliphatic carbocycles. The highest BCUT2D eigenvalue weighted by Crippen LogP contribution is 2.12. The van der Waals surface area contributed by atoms with E-state index in [1.54, 1.807) is 12.1 Å². The van der Waals surface area contributed by atoms with Crippen molar-refractivity contribution in [3.63, 3.8) is 0 Å². The van der Waals surface area contributed by atoms with Crippen LogP contribution in [0.1, 0.15) is 22.2 Å². The van der Waals surface area contributed by atoms with Crippen LogP contribution >= 0.6 is 0 Å². The fourth-order valence-electron chi connectivity index (χ4n) is 1.43. The minimum Gasteiger partial charge on any atom is -0.467 e. The lowest BCUT2D eigenvalue weighted by Gasteiger charge is -2.09. The van der Waals surface area contributed by atoms with Gasteiger partial charge in [0, 0.05) is 6.20 Å². The molecule has 0 aliphatic rings. The van der Waals surface area contributed by atoms with Gasteiger partial charge in [0.25, 0.3) is 5.91 Å². The first-order valence-corrected chi connectivity index (χ1v) is 5.27. The molecule has 2 aromatic heterocycles. The number of pyridine rings is 1. The summed E-state index contributed by atoms with van der Waals surface area (Å²) in [5.41, 5.74) is -0.114. The Morgan fingerprint density at radius 3 is 3.06 bits per heavy atom. The minimum atomic E-state index is -0.964. The molecule has 0 saturated carbocycles. The van der Waals surface area contributed by atoms with E-state index in [0.29, 0.717) is 5.76 Å². The zero-order chi connectivity index (χ0) is 13.0. The summed E-state index contributed by atoms with van der Waals surface area (Å²) < 4.78 is 18.2. The molecule has 0 saturated heterocycles. The predicted octanol–water partition coefficient (Wildman–Crippen LogP) is 1.28. The third-order valence-corrected chi connectivity index (χ3v) is 2.34. The van der Waals surface area contributed by atoms with Gasteiger partial charge in [0.1, 0.15) is 11.9 Å². The van der Waals surface area contributed by atoms with Crippen molar-refractivity contribution in [1.82, 2.24) is 10.3 Å². The molecular weight excluding hydrogens is 239 g/mol. The Hall–Kier alpha value is -2.21. The second-order valence-electron chi connectivity index (χ2n) is 3.60. The molecule has 1 amide bonds. The van der Waals surface area contributed by atoms with E-state index in [2.05, 4.69) is 10.3 Å². The third-order valence-electron chi connectivity index (χ3n) is 2.34. The van der Waals surface area contributed by atoms with Crippen LogP contribution in [0.2, 0.25) is 0 Å². The first kappa shape index (κ1) is 12.3. The second kappa shape index (κ2) is 5.42. The van der Waals surface area contributed by atoms with Crippen molar-refractivity contribution in [3.05, 3.63) is 54.0 Å². The van der Waals surface area contributed by atoms with Gasteiger partial charge in [-0.1, -0.05) is 0 Å². The second-order valence-corrected chi connectivity index (χ2v) is 3.60. The zero-order valence-corrected chi connectivity index (χ0v) is 9.34. The molecule has 0 aromatic carbocycles. The highest BCUT2D eigenvalue weighted by atomic mass is 19.1. The first-order chi connectivity index (χ1) is 8.68.